The second-order valence-electron chi connectivity index (χ2n) is 19.4. The molecule has 12 aromatic rings. The van der Waals surface area contributed by atoms with Gasteiger partial charge in [0.05, 0.1) is 16.5 Å². The van der Waals surface area contributed by atoms with Crippen LogP contribution in [0.25, 0.3) is 53.6 Å². The summed E-state index contributed by atoms with van der Waals surface area (Å²) in [4.78, 5) is 2.51. The Labute approximate surface area is 421 Å². The molecule has 0 saturated heterocycles. The molecule has 3 heterocycles. The maximum absolute atomic E-state index is 6.77. The monoisotopic (exact) mass is 935 g/mol. The van der Waals surface area contributed by atoms with Crippen molar-refractivity contribution in [2.24, 2.45) is 0 Å². The van der Waals surface area contributed by atoms with Gasteiger partial charge in [0.15, 0.2) is 0 Å². The third kappa shape index (κ3) is 5.18. The highest BCUT2D eigenvalue weighted by Gasteiger charge is 2.53. The van der Waals surface area contributed by atoms with Gasteiger partial charge in [0.25, 0.3) is 0 Å². The molecular weight excluding hydrogens is 895 g/mol. The van der Waals surface area contributed by atoms with E-state index in [1.54, 1.807) is 0 Å². The van der Waals surface area contributed by atoms with Crippen molar-refractivity contribution < 1.29 is 9.47 Å². The lowest BCUT2D eigenvalue weighted by Crippen LogP contribution is -2.32. The Balaban J connectivity index is 0.960. The Morgan fingerprint density at radius 3 is 1.43 bits per heavy atom. The summed E-state index contributed by atoms with van der Waals surface area (Å²) in [7, 11) is 0. The highest BCUT2D eigenvalue weighted by Crippen LogP contribution is 2.66. The van der Waals surface area contributed by atoms with E-state index in [2.05, 4.69) is 254 Å². The molecule has 11 aromatic carbocycles. The zero-order valence-corrected chi connectivity index (χ0v) is 39.7. The summed E-state index contributed by atoms with van der Waals surface area (Å²) in [5, 5.41) is 2.62. The fourth-order valence-corrected chi connectivity index (χ4v) is 14.3. The van der Waals surface area contributed by atoms with Crippen LogP contribution in [0.1, 0.15) is 44.5 Å². The number of rotatable bonds is 4. The van der Waals surface area contributed by atoms with Crippen LogP contribution in [0.15, 0.2) is 249 Å². The summed E-state index contributed by atoms with van der Waals surface area (Å²) in [5.41, 5.74) is 18.8. The molecule has 2 spiro atoms. The molecule has 4 aliphatic rings. The molecule has 3 nitrogen and oxygen atoms in total. The van der Waals surface area contributed by atoms with Crippen molar-refractivity contribution in [1.29, 1.82) is 0 Å². The van der Waals surface area contributed by atoms with Crippen LogP contribution in [0.5, 0.6) is 23.0 Å². The molecule has 16 rings (SSSR count). The molecular formula is C68H41NO2S. The van der Waals surface area contributed by atoms with Crippen molar-refractivity contribution in [3.63, 3.8) is 0 Å². The van der Waals surface area contributed by atoms with E-state index in [-0.39, 0.29) is 0 Å². The molecule has 0 saturated carbocycles. The van der Waals surface area contributed by atoms with Crippen LogP contribution in [0.4, 0.5) is 17.1 Å². The summed E-state index contributed by atoms with van der Waals surface area (Å²) in [6.07, 6.45) is 0. The number of thiophene rings is 1. The van der Waals surface area contributed by atoms with Crippen molar-refractivity contribution >= 4 is 48.6 Å². The first-order valence-electron chi connectivity index (χ1n) is 24.7. The quantitative estimate of drug-likeness (QED) is 0.176. The first kappa shape index (κ1) is 39.8. The molecule has 1 aromatic heterocycles. The van der Waals surface area contributed by atoms with Gasteiger partial charge >= 0.3 is 0 Å². The third-order valence-corrected chi connectivity index (χ3v) is 17.1. The fourth-order valence-electron chi connectivity index (χ4n) is 13.2. The van der Waals surface area contributed by atoms with E-state index in [9.17, 15) is 0 Å². The minimum atomic E-state index is -0.626. The van der Waals surface area contributed by atoms with E-state index in [1.165, 1.54) is 75.8 Å². The zero-order valence-electron chi connectivity index (χ0n) is 38.8. The normalized spacial score (nSPS) is 14.3. The first-order valence-corrected chi connectivity index (χ1v) is 25.5. The predicted molar refractivity (Wildman–Crippen MR) is 294 cm³/mol. The highest BCUT2D eigenvalue weighted by atomic mass is 32.1. The molecule has 72 heavy (non-hydrogen) atoms. The van der Waals surface area contributed by atoms with Crippen molar-refractivity contribution in [1.82, 2.24) is 0 Å². The molecule has 0 radical (unpaired) electrons. The predicted octanol–water partition coefficient (Wildman–Crippen LogP) is 18.1. The van der Waals surface area contributed by atoms with E-state index in [4.69, 9.17) is 9.47 Å². The van der Waals surface area contributed by atoms with Crippen LogP contribution < -0.4 is 14.4 Å². The van der Waals surface area contributed by atoms with Crippen LogP contribution in [0.2, 0.25) is 0 Å². The van der Waals surface area contributed by atoms with Gasteiger partial charge in [-0.05, 0) is 117 Å². The number of hydrogen-bond donors (Lipinski definition) is 0. The largest absolute Gasteiger partial charge is 0.457 e. The number of fused-ring (bicyclic) bond motifs is 21. The van der Waals surface area contributed by atoms with Gasteiger partial charge in [-0.25, -0.2) is 0 Å². The zero-order chi connectivity index (χ0) is 47.1. The lowest BCUT2D eigenvalue weighted by atomic mass is 9.66. The molecule has 0 N–H and O–H groups in total. The minimum absolute atomic E-state index is 0.618. The number of benzene rings is 11. The minimum Gasteiger partial charge on any atom is -0.457 e. The number of nitrogens with zero attached hydrogens (tertiary/aromatic N) is 1. The van der Waals surface area contributed by atoms with Crippen LogP contribution in [-0.2, 0) is 10.8 Å². The average molecular weight is 936 g/mol. The summed E-state index contributed by atoms with van der Waals surface area (Å²) < 4.78 is 16.1. The maximum atomic E-state index is 6.77. The lowest BCUT2D eigenvalue weighted by Gasteiger charge is -2.40. The molecule has 0 bridgehead atoms. The number of para-hydroxylation sites is 4. The van der Waals surface area contributed by atoms with Crippen LogP contribution in [0, 0.1) is 0 Å². The number of hydrogen-bond acceptors (Lipinski definition) is 4. The topological polar surface area (TPSA) is 21.7 Å². The van der Waals surface area contributed by atoms with Crippen LogP contribution in [-0.4, -0.2) is 0 Å². The number of ether oxygens (including phenoxy) is 2. The van der Waals surface area contributed by atoms with Gasteiger partial charge in [0.2, 0.25) is 0 Å². The van der Waals surface area contributed by atoms with Gasteiger partial charge in [-0.2, -0.15) is 0 Å². The summed E-state index contributed by atoms with van der Waals surface area (Å²) >= 11 is 1.86. The van der Waals surface area contributed by atoms with Crippen molar-refractivity contribution in [2.75, 3.05) is 4.90 Å². The van der Waals surface area contributed by atoms with E-state index in [0.29, 0.717) is 0 Å². The van der Waals surface area contributed by atoms with Gasteiger partial charge in [-0.15, -0.1) is 11.3 Å². The van der Waals surface area contributed by atoms with Crippen LogP contribution >= 0.6 is 11.3 Å². The molecule has 336 valence electrons. The molecule has 4 heteroatoms. The Bertz CT molecular complexity index is 4170. The first-order chi connectivity index (χ1) is 35.7. The van der Waals surface area contributed by atoms with Crippen molar-refractivity contribution in [2.45, 2.75) is 10.8 Å². The van der Waals surface area contributed by atoms with Crippen molar-refractivity contribution in [3.8, 4) is 56.4 Å². The smallest absolute Gasteiger partial charge is 0.132 e. The lowest BCUT2D eigenvalue weighted by molar-refractivity contribution is 0.436. The molecule has 0 amide bonds. The standard InChI is InChI=1S/C68H41NO2S/c1-4-19-51-46(16-1)47-39-37-45(41-58(47)68(51)55-23-8-12-29-62(55)71-63-30-13-9-24-56(63)68)69(44-35-32-42(33-36-44)43-34-38-49-48-17-3-14-31-64(48)72-65(49)40-43)59-26-15-25-57-66(59)50-18-2-5-20-52(50)67(57)53-21-6-10-27-60(53)70-61-28-11-7-22-54(61)67/h1-41H. The van der Waals surface area contributed by atoms with Crippen LogP contribution in [0.3, 0.4) is 0 Å². The van der Waals surface area contributed by atoms with Gasteiger partial charge in [-0.1, -0.05) is 182 Å². The van der Waals surface area contributed by atoms with E-state index in [1.807, 2.05) is 11.3 Å². The maximum Gasteiger partial charge on any atom is 0.132 e. The molecule has 0 unspecified atom stereocenters. The second kappa shape index (κ2) is 14.8. The fraction of sp³-hybridized carbons (Fsp3) is 0.0294. The highest BCUT2D eigenvalue weighted by molar-refractivity contribution is 7.25. The summed E-state index contributed by atoms with van der Waals surface area (Å²) in [6.45, 7) is 0. The molecule has 2 aliphatic heterocycles. The van der Waals surface area contributed by atoms with Gasteiger partial charge < -0.3 is 14.4 Å². The van der Waals surface area contributed by atoms with Gasteiger partial charge in [0, 0.05) is 59.4 Å². The van der Waals surface area contributed by atoms with Gasteiger partial charge in [0.1, 0.15) is 23.0 Å². The average Bonchev–Trinajstić information content (AvgIpc) is 4.07. The van der Waals surface area contributed by atoms with Gasteiger partial charge in [-0.3, -0.25) is 0 Å². The third-order valence-electron chi connectivity index (χ3n) is 16.0. The summed E-state index contributed by atoms with van der Waals surface area (Å²) in [6, 6.07) is 91.5. The Hall–Kier alpha value is -8.96. The summed E-state index contributed by atoms with van der Waals surface area (Å²) in [5.74, 6) is 3.52. The second-order valence-corrected chi connectivity index (χ2v) is 20.5. The SMILES string of the molecule is c1ccc2c(c1)Oc1ccccc1C21c2ccccc2-c2ccc(N(c3ccc(-c4ccc5c(c4)sc4ccccc45)cc3)c3cccc4c3-c3ccccc3C43c4ccccc4Oc4ccccc43)cc21. The van der Waals surface area contributed by atoms with E-state index < -0.39 is 10.8 Å². The van der Waals surface area contributed by atoms with E-state index in [0.717, 1.165) is 62.3 Å². The molecule has 2 aliphatic carbocycles. The van der Waals surface area contributed by atoms with Crippen molar-refractivity contribution in [3.05, 3.63) is 293 Å². The Morgan fingerprint density at radius 1 is 0.306 bits per heavy atom. The Kier molecular flexibility index (Phi) is 8.18. The molecule has 0 atom stereocenters. The molecule has 0 fully saturated rings. The number of anilines is 3. The van der Waals surface area contributed by atoms with E-state index >= 15 is 0 Å². The Morgan fingerprint density at radius 2 is 0.778 bits per heavy atom.